The molecule has 202 valence electrons. The van der Waals surface area contributed by atoms with Gasteiger partial charge in [0.05, 0.1) is 12.0 Å². The van der Waals surface area contributed by atoms with E-state index in [1.54, 1.807) is 0 Å². The van der Waals surface area contributed by atoms with Gasteiger partial charge in [0.25, 0.3) is 5.69 Å². The molecule has 1 aliphatic heterocycles. The Morgan fingerprint density at radius 3 is 1.97 bits per heavy atom. The van der Waals surface area contributed by atoms with Crippen LogP contribution in [0, 0.1) is 10.1 Å². The molecule has 0 spiro atoms. The number of non-ortho nitro benzene ring substituents is 1. The topological polar surface area (TPSA) is 193 Å². The van der Waals surface area contributed by atoms with Crippen LogP contribution in [-0.4, -0.2) is 79.2 Å². The number of nitro groups is 1. The molecule has 15 nitrogen and oxygen atoms in total. The lowest BCUT2D eigenvalue weighted by Crippen LogP contribution is -2.63. The molecule has 0 radical (unpaired) electrons. The summed E-state index contributed by atoms with van der Waals surface area (Å²) in [4.78, 5) is 69.8. The molecule has 2 rings (SSSR count). The monoisotopic (exact) mass is 527 g/mol. The van der Waals surface area contributed by atoms with Crippen LogP contribution < -0.4 is 4.74 Å². The number of ether oxygens (including phenoxy) is 7. The number of nitrogens with zero attached hydrogens (tertiary/aromatic N) is 1. The van der Waals surface area contributed by atoms with Crippen LogP contribution in [0.1, 0.15) is 38.1 Å². The van der Waals surface area contributed by atoms with E-state index in [-0.39, 0.29) is 11.3 Å². The molecule has 1 aromatic carbocycles. The van der Waals surface area contributed by atoms with Crippen molar-refractivity contribution in [2.24, 2.45) is 0 Å². The maximum atomic E-state index is 12.3. The van der Waals surface area contributed by atoms with Crippen LogP contribution in [0.2, 0.25) is 0 Å². The summed E-state index contributed by atoms with van der Waals surface area (Å²) in [6, 6.07) is 3.01. The highest BCUT2D eigenvalue weighted by atomic mass is 16.7. The number of methoxy groups -OCH3 is 1. The summed E-state index contributed by atoms with van der Waals surface area (Å²) in [5.41, 5.74) is -0.821. The Labute approximate surface area is 210 Å². The van der Waals surface area contributed by atoms with Gasteiger partial charge in [-0.15, -0.1) is 0 Å². The second-order valence-electron chi connectivity index (χ2n) is 7.61. The van der Waals surface area contributed by atoms with Crippen LogP contribution in [0.25, 0.3) is 0 Å². The Bertz CT molecular complexity index is 1070. The molecule has 0 amide bonds. The number of carbonyl (C=O) groups is 5. The third-order valence-electron chi connectivity index (χ3n) is 4.77. The van der Waals surface area contributed by atoms with Gasteiger partial charge in [-0.25, -0.2) is 4.79 Å². The lowest BCUT2D eigenvalue weighted by Gasteiger charge is -2.44. The molecule has 0 N–H and O–H groups in total. The predicted molar refractivity (Wildman–Crippen MR) is 117 cm³/mol. The van der Waals surface area contributed by atoms with Crippen LogP contribution in [0.15, 0.2) is 18.2 Å². The quantitative estimate of drug-likeness (QED) is 0.190. The Morgan fingerprint density at radius 2 is 1.46 bits per heavy atom. The number of rotatable bonds is 9. The number of esters is 5. The van der Waals surface area contributed by atoms with Crippen molar-refractivity contribution in [1.29, 1.82) is 0 Å². The van der Waals surface area contributed by atoms with Crippen molar-refractivity contribution >= 4 is 35.5 Å². The van der Waals surface area contributed by atoms with Crippen molar-refractivity contribution in [3.8, 4) is 5.75 Å². The van der Waals surface area contributed by atoms with Gasteiger partial charge >= 0.3 is 29.8 Å². The lowest BCUT2D eigenvalue weighted by molar-refractivity contribution is -0.384. The van der Waals surface area contributed by atoms with E-state index >= 15 is 0 Å². The van der Waals surface area contributed by atoms with E-state index in [1.807, 2.05) is 0 Å². The average molecular weight is 527 g/mol. The average Bonchev–Trinajstić information content (AvgIpc) is 2.80. The first-order valence-electron chi connectivity index (χ1n) is 10.7. The number of hydrogen-bond acceptors (Lipinski definition) is 14. The smallest absolute Gasteiger partial charge is 0.341 e. The van der Waals surface area contributed by atoms with E-state index in [9.17, 15) is 34.1 Å². The maximum Gasteiger partial charge on any atom is 0.341 e. The standard InChI is InChI=1S/C22H25NO14/c1-10(24)32-9-17-18(33-11(2)25)19(34-12(3)26)20(35-13(4)27)22(37-17)36-16-7-6-14(23(29)30)8-15(16)21(28)31-5/h6-8,17-20,22H,9H2,1-5H3/t17-,18+,19+,20-,22+/m1/s1. The van der Waals surface area contributed by atoms with Gasteiger partial charge < -0.3 is 33.2 Å². The fourth-order valence-corrected chi connectivity index (χ4v) is 3.41. The van der Waals surface area contributed by atoms with Gasteiger partial charge in [0.15, 0.2) is 12.2 Å². The Morgan fingerprint density at radius 1 is 0.892 bits per heavy atom. The van der Waals surface area contributed by atoms with Crippen molar-refractivity contribution in [1.82, 2.24) is 0 Å². The van der Waals surface area contributed by atoms with E-state index in [2.05, 4.69) is 4.74 Å². The third kappa shape index (κ3) is 7.86. The van der Waals surface area contributed by atoms with Gasteiger partial charge in [-0.2, -0.15) is 0 Å². The SMILES string of the molecule is COC(=O)c1cc([N+](=O)[O-])ccc1O[C@H]1O[C@H](COC(C)=O)[C@H](OC(C)=O)[C@H](OC(C)=O)[C@H]1OC(C)=O. The zero-order chi connectivity index (χ0) is 27.9. The molecule has 0 aromatic heterocycles. The summed E-state index contributed by atoms with van der Waals surface area (Å²) in [5, 5.41) is 11.2. The summed E-state index contributed by atoms with van der Waals surface area (Å²) in [6.45, 7) is 3.77. The van der Waals surface area contributed by atoms with E-state index in [0.717, 1.165) is 53.0 Å². The normalized spacial score (nSPS) is 22.7. The first-order valence-corrected chi connectivity index (χ1v) is 10.7. The molecule has 1 saturated heterocycles. The molecular weight excluding hydrogens is 502 g/mol. The van der Waals surface area contributed by atoms with E-state index in [0.29, 0.717) is 0 Å². The summed E-state index contributed by atoms with van der Waals surface area (Å²) in [5.74, 6) is -4.52. The van der Waals surface area contributed by atoms with Gasteiger partial charge in [-0.1, -0.05) is 0 Å². The summed E-state index contributed by atoms with van der Waals surface area (Å²) in [6.07, 6.45) is -7.44. The summed E-state index contributed by atoms with van der Waals surface area (Å²) in [7, 11) is 1.04. The highest BCUT2D eigenvalue weighted by Crippen LogP contribution is 2.33. The van der Waals surface area contributed by atoms with Gasteiger partial charge in [0.1, 0.15) is 24.0 Å². The number of hydrogen-bond donors (Lipinski definition) is 0. The molecule has 0 unspecified atom stereocenters. The summed E-state index contributed by atoms with van der Waals surface area (Å²) >= 11 is 0. The first-order chi connectivity index (χ1) is 17.3. The van der Waals surface area contributed by atoms with Crippen molar-refractivity contribution < 1.29 is 62.1 Å². The van der Waals surface area contributed by atoms with Crippen molar-refractivity contribution in [3.63, 3.8) is 0 Å². The van der Waals surface area contributed by atoms with Crippen LogP contribution in [0.3, 0.4) is 0 Å². The number of benzene rings is 1. The fourth-order valence-electron chi connectivity index (χ4n) is 3.41. The minimum absolute atomic E-state index is 0.279. The van der Waals surface area contributed by atoms with Gasteiger partial charge in [-0.05, 0) is 6.07 Å². The van der Waals surface area contributed by atoms with E-state index in [4.69, 9.17) is 28.4 Å². The molecule has 0 bridgehead atoms. The predicted octanol–water partition coefficient (Wildman–Crippen LogP) is 0.843. The minimum atomic E-state index is -1.65. The zero-order valence-electron chi connectivity index (χ0n) is 20.5. The summed E-state index contributed by atoms with van der Waals surface area (Å²) < 4.78 is 37.0. The molecule has 1 heterocycles. The maximum absolute atomic E-state index is 12.3. The molecule has 5 atom stereocenters. The van der Waals surface area contributed by atoms with E-state index < -0.39 is 77.8 Å². The molecule has 0 aliphatic carbocycles. The second-order valence-corrected chi connectivity index (χ2v) is 7.61. The van der Waals surface area contributed by atoms with Gasteiger partial charge in [-0.3, -0.25) is 29.3 Å². The molecule has 1 aromatic rings. The number of carbonyl (C=O) groups excluding carboxylic acids is 5. The Hall–Kier alpha value is -4.27. The second kappa shape index (κ2) is 12.6. The van der Waals surface area contributed by atoms with Gasteiger partial charge in [0, 0.05) is 39.8 Å². The fraction of sp³-hybridized carbons (Fsp3) is 0.500. The van der Waals surface area contributed by atoms with E-state index in [1.165, 1.54) is 0 Å². The Kier molecular flexibility index (Phi) is 9.88. The van der Waals surface area contributed by atoms with Crippen molar-refractivity contribution in [3.05, 3.63) is 33.9 Å². The third-order valence-corrected chi connectivity index (χ3v) is 4.77. The van der Waals surface area contributed by atoms with Crippen LogP contribution in [-0.2, 0) is 47.6 Å². The van der Waals surface area contributed by atoms with Crippen LogP contribution in [0.4, 0.5) is 5.69 Å². The van der Waals surface area contributed by atoms with Crippen molar-refractivity contribution in [2.75, 3.05) is 13.7 Å². The zero-order valence-corrected chi connectivity index (χ0v) is 20.5. The molecule has 15 heteroatoms. The minimum Gasteiger partial charge on any atom is -0.465 e. The molecule has 0 saturated carbocycles. The number of nitro benzene ring substituents is 1. The molecule has 37 heavy (non-hydrogen) atoms. The molecular formula is C22H25NO14. The van der Waals surface area contributed by atoms with Crippen LogP contribution >= 0.6 is 0 Å². The Balaban J connectivity index is 2.59. The highest BCUT2D eigenvalue weighted by molar-refractivity contribution is 5.93. The lowest BCUT2D eigenvalue weighted by atomic mass is 9.98. The first kappa shape index (κ1) is 29.0. The van der Waals surface area contributed by atoms with Crippen LogP contribution in [0.5, 0.6) is 5.75 Å². The highest BCUT2D eigenvalue weighted by Gasteiger charge is 2.53. The molecule has 1 fully saturated rings. The van der Waals surface area contributed by atoms with Gasteiger partial charge in [0.2, 0.25) is 12.4 Å². The largest absolute Gasteiger partial charge is 0.465 e. The van der Waals surface area contributed by atoms with Crippen molar-refractivity contribution in [2.45, 2.75) is 58.4 Å². The molecule has 1 aliphatic rings.